The van der Waals surface area contributed by atoms with Crippen LogP contribution in [0.5, 0.6) is 0 Å². The normalized spacial score (nSPS) is 15.1. The molecular weight excluding hydrogens is 276 g/mol. The molecule has 5 heteroatoms. The molecule has 3 heterocycles. The predicted molar refractivity (Wildman–Crippen MR) is 83.2 cm³/mol. The van der Waals surface area contributed by atoms with Gasteiger partial charge in [-0.1, -0.05) is 19.1 Å². The highest BCUT2D eigenvalue weighted by Crippen LogP contribution is 2.20. The first kappa shape index (κ1) is 13.4. The van der Waals surface area contributed by atoms with Gasteiger partial charge in [-0.15, -0.1) is 0 Å². The van der Waals surface area contributed by atoms with Crippen molar-refractivity contribution in [1.82, 2.24) is 19.9 Å². The van der Waals surface area contributed by atoms with E-state index in [1.165, 1.54) is 5.56 Å². The van der Waals surface area contributed by atoms with Crippen LogP contribution in [-0.4, -0.2) is 26.4 Å². The van der Waals surface area contributed by atoms with E-state index in [1.54, 1.807) is 0 Å². The van der Waals surface area contributed by atoms with Crippen molar-refractivity contribution < 1.29 is 4.42 Å². The van der Waals surface area contributed by atoms with Gasteiger partial charge in [-0.25, -0.2) is 15.0 Å². The molecule has 0 atom stereocenters. The van der Waals surface area contributed by atoms with E-state index in [0.29, 0.717) is 0 Å². The number of aromatic nitrogens is 3. The second-order valence-electron chi connectivity index (χ2n) is 5.65. The Balaban J connectivity index is 1.54. The van der Waals surface area contributed by atoms with Crippen molar-refractivity contribution in [3.63, 3.8) is 0 Å². The molecule has 5 nitrogen and oxygen atoms in total. The number of hydrogen-bond acceptors (Lipinski definition) is 5. The highest BCUT2D eigenvalue weighted by molar-refractivity contribution is 5.72. The number of nitrogens with zero attached hydrogens (tertiary/aromatic N) is 4. The second kappa shape index (κ2) is 5.50. The minimum Gasteiger partial charge on any atom is -0.439 e. The van der Waals surface area contributed by atoms with Crippen LogP contribution in [0.15, 0.2) is 34.9 Å². The largest absolute Gasteiger partial charge is 0.439 e. The fraction of sp³-hybridized carbons (Fsp3) is 0.353. The molecule has 0 spiro atoms. The third-order valence-electron chi connectivity index (χ3n) is 4.09. The Labute approximate surface area is 129 Å². The molecule has 3 aromatic rings. The van der Waals surface area contributed by atoms with Gasteiger partial charge in [0.25, 0.3) is 0 Å². The smallest absolute Gasteiger partial charge is 0.209 e. The van der Waals surface area contributed by atoms with Crippen LogP contribution in [0.4, 0.5) is 0 Å². The third-order valence-corrected chi connectivity index (χ3v) is 4.09. The number of rotatable bonds is 3. The Kier molecular flexibility index (Phi) is 3.35. The quantitative estimate of drug-likeness (QED) is 0.743. The van der Waals surface area contributed by atoms with Crippen LogP contribution in [-0.2, 0) is 25.9 Å². The summed E-state index contributed by atoms with van der Waals surface area (Å²) in [5, 5.41) is 0. The number of para-hydroxylation sites is 2. The molecule has 1 aliphatic heterocycles. The Morgan fingerprint density at radius 2 is 2.14 bits per heavy atom. The number of fused-ring (bicyclic) bond motifs is 2. The standard InChI is InChI=1S/C17H18N4O/c1-2-16-18-9-12-7-8-21(10-14(12)19-16)11-17-20-13-5-3-4-6-15(13)22-17/h3-6,9H,2,7-8,10-11H2,1H3. The molecule has 0 saturated heterocycles. The summed E-state index contributed by atoms with van der Waals surface area (Å²) in [6.07, 6.45) is 3.84. The van der Waals surface area contributed by atoms with E-state index in [-0.39, 0.29) is 0 Å². The highest BCUT2D eigenvalue weighted by Gasteiger charge is 2.20. The zero-order valence-corrected chi connectivity index (χ0v) is 12.6. The third kappa shape index (κ3) is 2.48. The van der Waals surface area contributed by atoms with Crippen LogP contribution in [0.25, 0.3) is 11.1 Å². The van der Waals surface area contributed by atoms with E-state index in [0.717, 1.165) is 61.0 Å². The molecule has 1 aromatic carbocycles. The lowest BCUT2D eigenvalue weighted by molar-refractivity contribution is 0.219. The van der Waals surface area contributed by atoms with Gasteiger partial charge in [-0.3, -0.25) is 4.90 Å². The minimum atomic E-state index is 0.722. The van der Waals surface area contributed by atoms with Crippen LogP contribution >= 0.6 is 0 Å². The van der Waals surface area contributed by atoms with Crippen molar-refractivity contribution in [1.29, 1.82) is 0 Å². The van der Waals surface area contributed by atoms with E-state index in [1.807, 2.05) is 30.5 Å². The molecule has 0 fully saturated rings. The monoisotopic (exact) mass is 294 g/mol. The van der Waals surface area contributed by atoms with Crippen molar-refractivity contribution in [2.24, 2.45) is 0 Å². The van der Waals surface area contributed by atoms with Gasteiger partial charge in [0.1, 0.15) is 11.3 Å². The summed E-state index contributed by atoms with van der Waals surface area (Å²) in [6.45, 7) is 4.63. The Morgan fingerprint density at radius 3 is 3.00 bits per heavy atom. The number of benzene rings is 1. The lowest BCUT2D eigenvalue weighted by atomic mass is 10.1. The fourth-order valence-electron chi connectivity index (χ4n) is 2.88. The molecule has 0 unspecified atom stereocenters. The molecule has 112 valence electrons. The molecule has 1 aliphatic rings. The number of hydrogen-bond donors (Lipinski definition) is 0. The first-order valence-electron chi connectivity index (χ1n) is 7.72. The Hall–Kier alpha value is -2.27. The van der Waals surface area contributed by atoms with Crippen molar-refractivity contribution in [2.75, 3.05) is 6.54 Å². The summed E-state index contributed by atoms with van der Waals surface area (Å²) >= 11 is 0. The summed E-state index contributed by atoms with van der Waals surface area (Å²) in [5.41, 5.74) is 4.19. The number of oxazole rings is 1. The van der Waals surface area contributed by atoms with Gasteiger partial charge in [0.05, 0.1) is 12.2 Å². The molecule has 0 amide bonds. The van der Waals surface area contributed by atoms with Gasteiger partial charge < -0.3 is 4.42 Å². The van der Waals surface area contributed by atoms with Crippen molar-refractivity contribution in [3.05, 3.63) is 53.4 Å². The summed E-state index contributed by atoms with van der Waals surface area (Å²) in [4.78, 5) is 15.9. The van der Waals surface area contributed by atoms with Gasteiger partial charge in [0.15, 0.2) is 5.58 Å². The zero-order chi connectivity index (χ0) is 14.9. The SMILES string of the molecule is CCc1ncc2c(n1)CN(Cc1nc3ccccc3o1)CC2. The summed E-state index contributed by atoms with van der Waals surface area (Å²) in [7, 11) is 0. The topological polar surface area (TPSA) is 55.1 Å². The van der Waals surface area contributed by atoms with Crippen LogP contribution < -0.4 is 0 Å². The summed E-state index contributed by atoms with van der Waals surface area (Å²) in [5.74, 6) is 1.69. The molecule has 4 rings (SSSR count). The first-order valence-corrected chi connectivity index (χ1v) is 7.72. The molecular formula is C17H18N4O. The maximum absolute atomic E-state index is 5.82. The van der Waals surface area contributed by atoms with Gasteiger partial charge in [0.2, 0.25) is 5.89 Å². The van der Waals surface area contributed by atoms with E-state index in [2.05, 4.69) is 26.8 Å². The Bertz CT molecular complexity index is 778. The predicted octanol–water partition coefficient (Wildman–Crippen LogP) is 2.74. The van der Waals surface area contributed by atoms with Crippen molar-refractivity contribution in [2.45, 2.75) is 32.9 Å². The van der Waals surface area contributed by atoms with Crippen LogP contribution in [0.1, 0.15) is 29.9 Å². The summed E-state index contributed by atoms with van der Waals surface area (Å²) < 4.78 is 5.82. The van der Waals surface area contributed by atoms with Crippen molar-refractivity contribution >= 4 is 11.1 Å². The lowest BCUT2D eigenvalue weighted by Crippen LogP contribution is -2.31. The zero-order valence-electron chi connectivity index (χ0n) is 12.6. The fourth-order valence-corrected chi connectivity index (χ4v) is 2.88. The van der Waals surface area contributed by atoms with Crippen LogP contribution in [0.2, 0.25) is 0 Å². The van der Waals surface area contributed by atoms with Gasteiger partial charge in [-0.2, -0.15) is 0 Å². The average molecular weight is 294 g/mol. The maximum Gasteiger partial charge on any atom is 0.209 e. The molecule has 2 aromatic heterocycles. The minimum absolute atomic E-state index is 0.722. The Morgan fingerprint density at radius 1 is 1.23 bits per heavy atom. The molecule has 0 bridgehead atoms. The first-order chi connectivity index (χ1) is 10.8. The number of aryl methyl sites for hydroxylation is 1. The average Bonchev–Trinajstić information content (AvgIpc) is 2.96. The highest BCUT2D eigenvalue weighted by atomic mass is 16.3. The van der Waals surface area contributed by atoms with E-state index in [4.69, 9.17) is 4.42 Å². The van der Waals surface area contributed by atoms with Gasteiger partial charge >= 0.3 is 0 Å². The molecule has 0 aliphatic carbocycles. The summed E-state index contributed by atoms with van der Waals surface area (Å²) in [6, 6.07) is 7.89. The molecule has 0 saturated carbocycles. The van der Waals surface area contributed by atoms with E-state index < -0.39 is 0 Å². The van der Waals surface area contributed by atoms with Crippen molar-refractivity contribution in [3.8, 4) is 0 Å². The lowest BCUT2D eigenvalue weighted by Gasteiger charge is -2.26. The molecule has 0 N–H and O–H groups in total. The van der Waals surface area contributed by atoms with E-state index in [9.17, 15) is 0 Å². The van der Waals surface area contributed by atoms with E-state index >= 15 is 0 Å². The van der Waals surface area contributed by atoms with Gasteiger partial charge in [0, 0.05) is 25.7 Å². The van der Waals surface area contributed by atoms with Crippen LogP contribution in [0, 0.1) is 0 Å². The second-order valence-corrected chi connectivity index (χ2v) is 5.65. The van der Waals surface area contributed by atoms with Gasteiger partial charge in [-0.05, 0) is 24.1 Å². The van der Waals surface area contributed by atoms with Crippen LogP contribution in [0.3, 0.4) is 0 Å². The molecule has 22 heavy (non-hydrogen) atoms. The molecule has 0 radical (unpaired) electrons. The maximum atomic E-state index is 5.82.